The first-order valence-electron chi connectivity index (χ1n) is 7.25. The molecule has 0 saturated heterocycles. The fourth-order valence-electron chi connectivity index (χ4n) is 1.59. The van der Waals surface area contributed by atoms with Crippen LogP contribution in [0.2, 0.25) is 0 Å². The molecule has 1 aromatic heterocycles. The maximum absolute atomic E-state index is 11.5. The lowest BCUT2D eigenvalue weighted by atomic mass is 10.1. The summed E-state index contributed by atoms with van der Waals surface area (Å²) in [5, 5.41) is 2.13. The van der Waals surface area contributed by atoms with Crippen molar-refractivity contribution in [1.82, 2.24) is 4.98 Å². The molecule has 5 nitrogen and oxygen atoms in total. The highest BCUT2D eigenvalue weighted by Crippen LogP contribution is 2.22. The third-order valence-electron chi connectivity index (χ3n) is 2.72. The monoisotopic (exact) mass is 374 g/mol. The average molecular weight is 374 g/mol. The SMILES string of the molecule is CCOC(=O)c1nc(-c2ccc(C=O)cc2)cs1.NCCC(F)(F)F. The molecule has 2 rings (SSSR count). The fourth-order valence-corrected chi connectivity index (χ4v) is 2.31. The minimum Gasteiger partial charge on any atom is -0.461 e. The van der Waals surface area contributed by atoms with Crippen LogP contribution in [0.3, 0.4) is 0 Å². The number of esters is 1. The summed E-state index contributed by atoms with van der Waals surface area (Å²) in [6.07, 6.45) is -4.17. The van der Waals surface area contributed by atoms with Gasteiger partial charge in [0.25, 0.3) is 0 Å². The Bertz CT molecular complexity index is 685. The zero-order valence-corrected chi connectivity index (χ0v) is 14.2. The van der Waals surface area contributed by atoms with Crippen molar-refractivity contribution in [1.29, 1.82) is 0 Å². The predicted octanol–water partition coefficient (Wildman–Crippen LogP) is 3.70. The minimum atomic E-state index is -4.07. The van der Waals surface area contributed by atoms with Crippen LogP contribution in [-0.4, -0.2) is 36.6 Å². The third-order valence-corrected chi connectivity index (χ3v) is 3.55. The van der Waals surface area contributed by atoms with Crippen LogP contribution >= 0.6 is 11.3 Å². The highest BCUT2D eigenvalue weighted by molar-refractivity contribution is 7.11. The number of rotatable bonds is 5. The van der Waals surface area contributed by atoms with Gasteiger partial charge in [0.05, 0.1) is 18.7 Å². The molecule has 0 bridgehead atoms. The van der Waals surface area contributed by atoms with Gasteiger partial charge in [-0.2, -0.15) is 13.2 Å². The number of hydrogen-bond donors (Lipinski definition) is 1. The van der Waals surface area contributed by atoms with Crippen LogP contribution in [0.15, 0.2) is 29.6 Å². The van der Waals surface area contributed by atoms with Gasteiger partial charge in [-0.05, 0) is 6.92 Å². The smallest absolute Gasteiger partial charge is 0.390 e. The van der Waals surface area contributed by atoms with E-state index in [0.29, 0.717) is 22.9 Å². The Hall–Kier alpha value is -2.26. The van der Waals surface area contributed by atoms with Crippen LogP contribution in [-0.2, 0) is 4.74 Å². The second-order valence-electron chi connectivity index (χ2n) is 4.65. The van der Waals surface area contributed by atoms with Gasteiger partial charge in [0.2, 0.25) is 5.01 Å². The van der Waals surface area contributed by atoms with Crippen LogP contribution in [0.5, 0.6) is 0 Å². The van der Waals surface area contributed by atoms with E-state index in [1.54, 1.807) is 36.6 Å². The van der Waals surface area contributed by atoms with Crippen molar-refractivity contribution < 1.29 is 27.5 Å². The molecule has 0 aliphatic rings. The summed E-state index contributed by atoms with van der Waals surface area (Å²) < 4.78 is 37.8. The quantitative estimate of drug-likeness (QED) is 0.637. The first kappa shape index (κ1) is 20.8. The molecule has 136 valence electrons. The number of carbonyl (C=O) groups is 2. The van der Waals surface area contributed by atoms with Gasteiger partial charge in [0, 0.05) is 23.1 Å². The van der Waals surface area contributed by atoms with Crippen molar-refractivity contribution in [2.24, 2.45) is 5.73 Å². The number of aldehydes is 1. The van der Waals surface area contributed by atoms with Crippen LogP contribution < -0.4 is 5.73 Å². The summed E-state index contributed by atoms with van der Waals surface area (Å²) in [7, 11) is 0. The van der Waals surface area contributed by atoms with Crippen molar-refractivity contribution >= 4 is 23.6 Å². The van der Waals surface area contributed by atoms with Crippen LogP contribution in [0.4, 0.5) is 13.2 Å². The third kappa shape index (κ3) is 7.44. The first-order chi connectivity index (χ1) is 11.8. The van der Waals surface area contributed by atoms with Gasteiger partial charge < -0.3 is 10.5 Å². The molecule has 9 heteroatoms. The van der Waals surface area contributed by atoms with Crippen molar-refractivity contribution in [3.05, 3.63) is 40.2 Å². The molecule has 1 aromatic carbocycles. The number of alkyl halides is 3. The van der Waals surface area contributed by atoms with Gasteiger partial charge >= 0.3 is 12.1 Å². The van der Waals surface area contributed by atoms with E-state index < -0.39 is 18.6 Å². The van der Waals surface area contributed by atoms with E-state index in [2.05, 4.69) is 10.7 Å². The summed E-state index contributed by atoms with van der Waals surface area (Å²) in [4.78, 5) is 26.2. The molecule has 25 heavy (non-hydrogen) atoms. The molecule has 0 unspecified atom stereocenters. The number of halogens is 3. The Balaban J connectivity index is 0.000000381. The Morgan fingerprint density at radius 2 is 1.96 bits per heavy atom. The van der Waals surface area contributed by atoms with E-state index >= 15 is 0 Å². The normalized spacial score (nSPS) is 10.6. The number of nitrogens with zero attached hydrogens (tertiary/aromatic N) is 1. The molecule has 0 spiro atoms. The van der Waals surface area contributed by atoms with E-state index in [1.165, 1.54) is 11.3 Å². The lowest BCUT2D eigenvalue weighted by Gasteiger charge is -2.00. The number of benzene rings is 1. The maximum atomic E-state index is 11.5. The van der Waals surface area contributed by atoms with E-state index in [-0.39, 0.29) is 6.54 Å². The van der Waals surface area contributed by atoms with Crippen molar-refractivity contribution in [3.63, 3.8) is 0 Å². The lowest BCUT2D eigenvalue weighted by Crippen LogP contribution is -2.14. The number of ether oxygens (including phenoxy) is 1. The van der Waals surface area contributed by atoms with Crippen molar-refractivity contribution in [3.8, 4) is 11.3 Å². The molecule has 0 aliphatic carbocycles. The Kier molecular flexibility index (Phi) is 8.23. The molecular weight excluding hydrogens is 357 g/mol. The number of aromatic nitrogens is 1. The highest BCUT2D eigenvalue weighted by Gasteiger charge is 2.24. The van der Waals surface area contributed by atoms with Gasteiger partial charge in [0.1, 0.15) is 6.29 Å². The van der Waals surface area contributed by atoms with Gasteiger partial charge in [-0.25, -0.2) is 9.78 Å². The van der Waals surface area contributed by atoms with E-state index in [0.717, 1.165) is 11.8 Å². The Labute approximate surface area is 146 Å². The first-order valence-corrected chi connectivity index (χ1v) is 8.13. The van der Waals surface area contributed by atoms with Crippen molar-refractivity contribution in [2.75, 3.05) is 13.2 Å². The van der Waals surface area contributed by atoms with Crippen molar-refractivity contribution in [2.45, 2.75) is 19.5 Å². The number of carbonyl (C=O) groups excluding carboxylic acids is 2. The molecule has 2 aromatic rings. The number of nitrogens with two attached hydrogens (primary N) is 1. The second-order valence-corrected chi connectivity index (χ2v) is 5.51. The molecule has 0 radical (unpaired) electrons. The number of thiazole rings is 1. The maximum Gasteiger partial charge on any atom is 0.390 e. The zero-order chi connectivity index (χ0) is 18.9. The standard InChI is InChI=1S/C13H11NO3S.C3H6F3N/c1-2-17-13(16)12-14-11(8-18-12)10-5-3-9(7-15)4-6-10;4-3(5,6)1-2-7/h3-8H,2H2,1H3;1-2,7H2. The molecule has 0 fully saturated rings. The fraction of sp³-hybridized carbons (Fsp3) is 0.312. The minimum absolute atomic E-state index is 0.316. The molecule has 2 N–H and O–H groups in total. The molecule has 1 heterocycles. The lowest BCUT2D eigenvalue weighted by molar-refractivity contribution is -0.132. The van der Waals surface area contributed by atoms with E-state index in [9.17, 15) is 22.8 Å². The van der Waals surface area contributed by atoms with E-state index in [1.807, 2.05) is 0 Å². The Morgan fingerprint density at radius 1 is 1.32 bits per heavy atom. The second kappa shape index (κ2) is 9.90. The van der Waals surface area contributed by atoms with Gasteiger partial charge in [0.15, 0.2) is 0 Å². The summed E-state index contributed by atoms with van der Waals surface area (Å²) in [5.41, 5.74) is 6.78. The largest absolute Gasteiger partial charge is 0.461 e. The highest BCUT2D eigenvalue weighted by atomic mass is 32.1. The zero-order valence-electron chi connectivity index (χ0n) is 13.4. The molecule has 0 saturated carbocycles. The summed E-state index contributed by atoms with van der Waals surface area (Å²) in [5.74, 6) is -0.404. The average Bonchev–Trinajstić information content (AvgIpc) is 3.05. The molecular formula is C16H17F3N2O3S. The van der Waals surface area contributed by atoms with Gasteiger partial charge in [-0.1, -0.05) is 24.3 Å². The van der Waals surface area contributed by atoms with Gasteiger partial charge in [-0.15, -0.1) is 11.3 Å². The number of hydrogen-bond acceptors (Lipinski definition) is 6. The predicted molar refractivity (Wildman–Crippen MR) is 88.6 cm³/mol. The van der Waals surface area contributed by atoms with Crippen LogP contribution in [0, 0.1) is 0 Å². The summed E-state index contributed by atoms with van der Waals surface area (Å²) in [6.45, 7) is 1.77. The topological polar surface area (TPSA) is 82.3 Å². The molecule has 0 atom stereocenters. The van der Waals surface area contributed by atoms with Crippen LogP contribution in [0.1, 0.15) is 33.5 Å². The van der Waals surface area contributed by atoms with Crippen LogP contribution in [0.25, 0.3) is 11.3 Å². The van der Waals surface area contributed by atoms with Gasteiger partial charge in [-0.3, -0.25) is 4.79 Å². The summed E-state index contributed by atoms with van der Waals surface area (Å²) >= 11 is 1.25. The van der Waals surface area contributed by atoms with E-state index in [4.69, 9.17) is 4.74 Å². The Morgan fingerprint density at radius 3 is 2.40 bits per heavy atom. The summed E-state index contributed by atoms with van der Waals surface area (Å²) in [6, 6.07) is 7.03. The molecule has 0 amide bonds. The molecule has 0 aliphatic heterocycles.